The molecule has 0 radical (unpaired) electrons. The molecule has 2 aliphatic rings. The van der Waals surface area contributed by atoms with Crippen molar-refractivity contribution in [3.05, 3.63) is 17.7 Å². The van der Waals surface area contributed by atoms with Gasteiger partial charge in [-0.3, -0.25) is 4.79 Å². The van der Waals surface area contributed by atoms with Crippen LogP contribution >= 0.6 is 0 Å². The van der Waals surface area contributed by atoms with E-state index in [1.807, 2.05) is 6.92 Å². The molecule has 0 unspecified atom stereocenters. The van der Waals surface area contributed by atoms with E-state index < -0.39 is 15.8 Å². The number of aryl methyl sites for hydroxylation is 1. The average Bonchev–Trinajstić information content (AvgIpc) is 2.33. The van der Waals surface area contributed by atoms with E-state index in [2.05, 4.69) is 0 Å². The Hall–Kier alpha value is -1.56. The van der Waals surface area contributed by atoms with Crippen molar-refractivity contribution in [3.8, 4) is 0 Å². The van der Waals surface area contributed by atoms with Gasteiger partial charge in [-0.05, 0) is 31.0 Å². The summed E-state index contributed by atoms with van der Waals surface area (Å²) in [5, 5.41) is 8.96. The Morgan fingerprint density at radius 1 is 1.37 bits per heavy atom. The van der Waals surface area contributed by atoms with Crippen LogP contribution in [0, 0.1) is 6.92 Å². The molecule has 1 aromatic rings. The minimum absolute atomic E-state index is 0.179. The second-order valence-corrected chi connectivity index (χ2v) is 6.56. The Morgan fingerprint density at radius 2 is 2.05 bits per heavy atom. The van der Waals surface area contributed by atoms with Gasteiger partial charge in [0.1, 0.15) is 6.54 Å². The first-order chi connectivity index (χ1) is 8.89. The summed E-state index contributed by atoms with van der Waals surface area (Å²) in [6, 6.07) is 3.27. The number of fused-ring (bicyclic) bond motifs is 2. The SMILES string of the molecule is CCCCN(CC(=O)O)c1ccc2c(C)c1S2(=O)=O. The zero-order valence-electron chi connectivity index (χ0n) is 11.0. The molecule has 2 heterocycles. The van der Waals surface area contributed by atoms with Gasteiger partial charge < -0.3 is 10.0 Å². The minimum atomic E-state index is -3.33. The number of anilines is 1. The van der Waals surface area contributed by atoms with Gasteiger partial charge in [-0.15, -0.1) is 0 Å². The minimum Gasteiger partial charge on any atom is -0.480 e. The summed E-state index contributed by atoms with van der Waals surface area (Å²) < 4.78 is 24.0. The van der Waals surface area contributed by atoms with Crippen LogP contribution in [0.3, 0.4) is 0 Å². The van der Waals surface area contributed by atoms with Gasteiger partial charge in [0.15, 0.2) is 0 Å². The zero-order chi connectivity index (χ0) is 14.2. The summed E-state index contributed by atoms with van der Waals surface area (Å²) in [5.41, 5.74) is 1.26. The predicted molar refractivity (Wildman–Crippen MR) is 71.4 cm³/mol. The molecule has 0 saturated carbocycles. The Bertz CT molecular complexity index is 622. The van der Waals surface area contributed by atoms with Crippen LogP contribution in [0.4, 0.5) is 5.69 Å². The lowest BCUT2D eigenvalue weighted by atomic mass is 10.1. The van der Waals surface area contributed by atoms with Crippen LogP contribution in [0.1, 0.15) is 25.3 Å². The summed E-state index contributed by atoms with van der Waals surface area (Å²) in [4.78, 5) is 13.2. The topological polar surface area (TPSA) is 74.7 Å². The highest BCUT2D eigenvalue weighted by Gasteiger charge is 2.38. The van der Waals surface area contributed by atoms with Crippen molar-refractivity contribution in [3.63, 3.8) is 0 Å². The van der Waals surface area contributed by atoms with Crippen molar-refractivity contribution in [1.29, 1.82) is 0 Å². The van der Waals surface area contributed by atoms with Crippen LogP contribution in [-0.2, 0) is 14.6 Å². The summed E-state index contributed by atoms with van der Waals surface area (Å²) in [6.45, 7) is 4.14. The molecule has 6 heteroatoms. The van der Waals surface area contributed by atoms with Crippen molar-refractivity contribution in [2.24, 2.45) is 0 Å². The van der Waals surface area contributed by atoms with Gasteiger partial charge >= 0.3 is 5.97 Å². The standard InChI is InChI=1S/C13H17NO4S/c1-3-4-7-14(8-12(15)16)10-5-6-11-9(2)13(10)19(11,17)18/h5-6H,3-4,7-8H2,1-2H3,(H,15,16). The first-order valence-electron chi connectivity index (χ1n) is 6.25. The third kappa shape index (κ3) is 2.20. The van der Waals surface area contributed by atoms with E-state index in [4.69, 9.17) is 5.11 Å². The van der Waals surface area contributed by atoms with Crippen molar-refractivity contribution in [2.45, 2.75) is 36.5 Å². The number of unbranched alkanes of at least 4 members (excludes halogenated alkanes) is 1. The molecule has 5 nitrogen and oxygen atoms in total. The van der Waals surface area contributed by atoms with Crippen molar-refractivity contribution < 1.29 is 18.3 Å². The van der Waals surface area contributed by atoms with E-state index in [9.17, 15) is 13.2 Å². The fraction of sp³-hybridized carbons (Fsp3) is 0.462. The molecule has 0 aromatic heterocycles. The number of aliphatic carboxylic acids is 1. The highest BCUT2D eigenvalue weighted by atomic mass is 32.2. The molecule has 2 bridgehead atoms. The number of hydrogen-bond acceptors (Lipinski definition) is 4. The normalized spacial score (nSPS) is 14.8. The van der Waals surface area contributed by atoms with Crippen LogP contribution < -0.4 is 4.90 Å². The molecule has 0 aliphatic carbocycles. The van der Waals surface area contributed by atoms with Crippen molar-refractivity contribution in [2.75, 3.05) is 18.0 Å². The van der Waals surface area contributed by atoms with Gasteiger partial charge in [0, 0.05) is 6.54 Å². The molecule has 0 fully saturated rings. The second-order valence-electron chi connectivity index (χ2n) is 4.71. The lowest BCUT2D eigenvalue weighted by Crippen LogP contribution is -2.34. The van der Waals surface area contributed by atoms with Gasteiger partial charge in [0.25, 0.3) is 0 Å². The average molecular weight is 283 g/mol. The van der Waals surface area contributed by atoms with Crippen molar-refractivity contribution >= 4 is 21.5 Å². The maximum absolute atomic E-state index is 12.0. The van der Waals surface area contributed by atoms with Gasteiger partial charge in [-0.1, -0.05) is 13.3 Å². The molecule has 0 spiro atoms. The first kappa shape index (κ1) is 13.9. The van der Waals surface area contributed by atoms with Crippen LogP contribution in [0.15, 0.2) is 21.9 Å². The van der Waals surface area contributed by atoms with Gasteiger partial charge in [0.2, 0.25) is 9.84 Å². The second kappa shape index (κ2) is 4.85. The van der Waals surface area contributed by atoms with E-state index in [-0.39, 0.29) is 6.54 Å². The molecule has 2 aliphatic heterocycles. The van der Waals surface area contributed by atoms with E-state index in [1.54, 1.807) is 24.0 Å². The van der Waals surface area contributed by atoms with Crippen LogP contribution in [0.5, 0.6) is 0 Å². The maximum atomic E-state index is 12.0. The molecule has 19 heavy (non-hydrogen) atoms. The van der Waals surface area contributed by atoms with E-state index in [1.165, 1.54) is 0 Å². The number of carboxylic acids is 1. The summed E-state index contributed by atoms with van der Waals surface area (Å²) >= 11 is 0. The molecule has 1 aromatic carbocycles. The quantitative estimate of drug-likeness (QED) is 0.875. The number of benzene rings is 1. The molecule has 0 saturated heterocycles. The maximum Gasteiger partial charge on any atom is 0.323 e. The molecule has 0 atom stereocenters. The number of carbonyl (C=O) groups is 1. The Balaban J connectivity index is 2.40. The Kier molecular flexibility index (Phi) is 3.54. The predicted octanol–water partition coefficient (Wildman–Crippen LogP) is 1.83. The highest BCUT2D eigenvalue weighted by Crippen LogP contribution is 2.44. The van der Waals surface area contributed by atoms with Crippen LogP contribution in [-0.4, -0.2) is 32.6 Å². The van der Waals surface area contributed by atoms with Gasteiger partial charge in [-0.2, -0.15) is 0 Å². The van der Waals surface area contributed by atoms with Gasteiger partial charge in [0.05, 0.1) is 15.5 Å². The van der Waals surface area contributed by atoms with E-state index in [0.29, 0.717) is 22.0 Å². The third-order valence-corrected chi connectivity index (χ3v) is 5.42. The number of hydrogen-bond donors (Lipinski definition) is 1. The number of sulfone groups is 1. The first-order valence-corrected chi connectivity index (χ1v) is 7.73. The van der Waals surface area contributed by atoms with Gasteiger partial charge in [-0.25, -0.2) is 8.42 Å². The summed E-state index contributed by atoms with van der Waals surface area (Å²) in [6.07, 6.45) is 1.75. The van der Waals surface area contributed by atoms with Crippen LogP contribution in [0.2, 0.25) is 0 Å². The molecular formula is C13H17NO4S. The number of nitrogens with zero attached hydrogens (tertiary/aromatic N) is 1. The monoisotopic (exact) mass is 283 g/mol. The summed E-state index contributed by atoms with van der Waals surface area (Å²) in [7, 11) is -3.33. The van der Waals surface area contributed by atoms with E-state index >= 15 is 0 Å². The molecule has 104 valence electrons. The number of carboxylic acid groups (broad SMARTS) is 1. The molecule has 1 N–H and O–H groups in total. The fourth-order valence-corrected chi connectivity index (χ4v) is 4.20. The molecule has 0 amide bonds. The van der Waals surface area contributed by atoms with Crippen LogP contribution in [0.25, 0.3) is 0 Å². The lowest BCUT2D eigenvalue weighted by Gasteiger charge is -2.31. The number of rotatable bonds is 6. The summed E-state index contributed by atoms with van der Waals surface area (Å²) in [5.74, 6) is -0.957. The zero-order valence-corrected chi connectivity index (χ0v) is 11.8. The largest absolute Gasteiger partial charge is 0.480 e. The molecular weight excluding hydrogens is 266 g/mol. The smallest absolute Gasteiger partial charge is 0.323 e. The fourth-order valence-electron chi connectivity index (χ4n) is 2.40. The molecule has 3 rings (SSSR count). The highest BCUT2D eigenvalue weighted by molar-refractivity contribution is 7.93. The van der Waals surface area contributed by atoms with E-state index in [0.717, 1.165) is 18.4 Å². The Morgan fingerprint density at radius 3 is 2.53 bits per heavy atom. The Labute approximate surface area is 112 Å². The third-order valence-electron chi connectivity index (χ3n) is 3.34. The van der Waals surface area contributed by atoms with Crippen molar-refractivity contribution in [1.82, 2.24) is 0 Å². The lowest BCUT2D eigenvalue weighted by molar-refractivity contribution is -0.135.